The van der Waals surface area contributed by atoms with Crippen molar-refractivity contribution in [2.45, 2.75) is 24.3 Å². The highest BCUT2D eigenvalue weighted by Crippen LogP contribution is 2.23. The van der Waals surface area contributed by atoms with Gasteiger partial charge in [-0.15, -0.1) is 0 Å². The zero-order valence-electron chi connectivity index (χ0n) is 9.87. The number of rotatable bonds is 4. The van der Waals surface area contributed by atoms with Crippen LogP contribution in [0, 0.1) is 6.92 Å². The molecule has 0 saturated carbocycles. The van der Waals surface area contributed by atoms with Crippen molar-refractivity contribution in [2.75, 3.05) is 13.6 Å². The number of aromatic amines is 1. The van der Waals surface area contributed by atoms with Gasteiger partial charge >= 0.3 is 0 Å². The van der Waals surface area contributed by atoms with Crippen molar-refractivity contribution >= 4 is 22.8 Å². The van der Waals surface area contributed by atoms with Crippen molar-refractivity contribution < 1.29 is 0 Å². The first-order valence-electron chi connectivity index (χ1n) is 5.46. The molecule has 0 aliphatic carbocycles. The standard InChI is InChI=1S/C12H17N3S/c1-8-4-5-10-11(6-8)15-12(14-10)16-9(2)7-13-3/h4-6,9,13H,7H2,1-3H3,(H,14,15). The Bertz CT molecular complexity index is 478. The molecule has 0 fully saturated rings. The number of fused-ring (bicyclic) bond motifs is 1. The Morgan fingerprint density at radius 2 is 2.31 bits per heavy atom. The van der Waals surface area contributed by atoms with E-state index < -0.39 is 0 Å². The molecular formula is C12H17N3S. The van der Waals surface area contributed by atoms with E-state index in [1.165, 1.54) is 5.56 Å². The van der Waals surface area contributed by atoms with E-state index in [0.717, 1.165) is 22.7 Å². The minimum absolute atomic E-state index is 0.520. The predicted molar refractivity (Wildman–Crippen MR) is 70.1 cm³/mol. The Balaban J connectivity index is 2.19. The molecular weight excluding hydrogens is 218 g/mol. The van der Waals surface area contributed by atoms with Crippen molar-refractivity contribution in [3.63, 3.8) is 0 Å². The van der Waals surface area contributed by atoms with Gasteiger partial charge in [-0.3, -0.25) is 0 Å². The molecule has 1 unspecified atom stereocenters. The average Bonchev–Trinajstić information content (AvgIpc) is 2.59. The summed E-state index contributed by atoms with van der Waals surface area (Å²) in [5, 5.41) is 4.69. The summed E-state index contributed by atoms with van der Waals surface area (Å²) in [5.41, 5.74) is 3.43. The van der Waals surface area contributed by atoms with Crippen LogP contribution in [0.15, 0.2) is 23.4 Å². The zero-order valence-corrected chi connectivity index (χ0v) is 10.7. The number of hydrogen-bond donors (Lipinski definition) is 2. The van der Waals surface area contributed by atoms with Crippen LogP contribution in [0.25, 0.3) is 11.0 Å². The van der Waals surface area contributed by atoms with Gasteiger partial charge < -0.3 is 10.3 Å². The number of thioether (sulfide) groups is 1. The third-order valence-corrected chi connectivity index (χ3v) is 3.41. The monoisotopic (exact) mass is 235 g/mol. The number of H-pyrrole nitrogens is 1. The van der Waals surface area contributed by atoms with Crippen molar-refractivity contribution in [1.82, 2.24) is 15.3 Å². The van der Waals surface area contributed by atoms with Crippen LogP contribution >= 0.6 is 11.8 Å². The predicted octanol–water partition coefficient (Wildman–Crippen LogP) is 2.57. The van der Waals surface area contributed by atoms with Gasteiger partial charge in [-0.2, -0.15) is 0 Å². The summed E-state index contributed by atoms with van der Waals surface area (Å²) < 4.78 is 0. The summed E-state index contributed by atoms with van der Waals surface area (Å²) in [7, 11) is 1.97. The van der Waals surface area contributed by atoms with Crippen LogP contribution in [-0.4, -0.2) is 28.8 Å². The summed E-state index contributed by atoms with van der Waals surface area (Å²) in [6.07, 6.45) is 0. The molecule has 0 radical (unpaired) electrons. The van der Waals surface area contributed by atoms with Crippen molar-refractivity contribution in [3.05, 3.63) is 23.8 Å². The van der Waals surface area contributed by atoms with Crippen molar-refractivity contribution in [3.8, 4) is 0 Å². The average molecular weight is 235 g/mol. The van der Waals surface area contributed by atoms with E-state index in [-0.39, 0.29) is 0 Å². The van der Waals surface area contributed by atoms with Gasteiger partial charge in [-0.25, -0.2) is 4.98 Å². The van der Waals surface area contributed by atoms with Gasteiger partial charge in [-0.1, -0.05) is 24.8 Å². The summed E-state index contributed by atoms with van der Waals surface area (Å²) in [6, 6.07) is 6.29. The van der Waals surface area contributed by atoms with Gasteiger partial charge in [0, 0.05) is 11.8 Å². The molecule has 0 aliphatic heterocycles. The molecule has 4 heteroatoms. The van der Waals surface area contributed by atoms with Crippen LogP contribution in [0.4, 0.5) is 0 Å². The van der Waals surface area contributed by atoms with Crippen LogP contribution in [-0.2, 0) is 0 Å². The SMILES string of the molecule is CNCC(C)Sc1nc2ccc(C)cc2[nH]1. The number of imidazole rings is 1. The molecule has 1 heterocycles. The molecule has 0 spiro atoms. The highest BCUT2D eigenvalue weighted by Gasteiger charge is 2.07. The van der Waals surface area contributed by atoms with Gasteiger partial charge in [0.1, 0.15) is 0 Å². The van der Waals surface area contributed by atoms with E-state index in [1.807, 2.05) is 7.05 Å². The molecule has 0 amide bonds. The van der Waals surface area contributed by atoms with Crippen LogP contribution < -0.4 is 5.32 Å². The van der Waals surface area contributed by atoms with E-state index in [1.54, 1.807) is 11.8 Å². The molecule has 1 aromatic heterocycles. The number of aryl methyl sites for hydroxylation is 1. The molecule has 2 rings (SSSR count). The molecule has 2 aromatic rings. The summed E-state index contributed by atoms with van der Waals surface area (Å²) in [5.74, 6) is 0. The Kier molecular flexibility index (Phi) is 3.51. The van der Waals surface area contributed by atoms with Crippen LogP contribution in [0.1, 0.15) is 12.5 Å². The van der Waals surface area contributed by atoms with Crippen molar-refractivity contribution in [2.24, 2.45) is 0 Å². The first-order chi connectivity index (χ1) is 7.69. The number of aromatic nitrogens is 2. The minimum atomic E-state index is 0.520. The molecule has 1 atom stereocenters. The molecule has 0 saturated heterocycles. The van der Waals surface area contributed by atoms with E-state index in [2.05, 4.69) is 47.3 Å². The number of nitrogens with one attached hydrogen (secondary N) is 2. The Labute approximate surface area is 100 Å². The first-order valence-corrected chi connectivity index (χ1v) is 6.34. The highest BCUT2D eigenvalue weighted by atomic mass is 32.2. The highest BCUT2D eigenvalue weighted by molar-refractivity contribution is 7.99. The van der Waals surface area contributed by atoms with Crippen LogP contribution in [0.2, 0.25) is 0 Å². The molecule has 2 N–H and O–H groups in total. The third-order valence-electron chi connectivity index (χ3n) is 2.42. The summed E-state index contributed by atoms with van der Waals surface area (Å²) >= 11 is 1.77. The normalized spacial score (nSPS) is 13.2. The molecule has 86 valence electrons. The van der Waals surface area contributed by atoms with Gasteiger partial charge in [0.25, 0.3) is 0 Å². The fourth-order valence-electron chi connectivity index (χ4n) is 1.68. The lowest BCUT2D eigenvalue weighted by Gasteiger charge is -2.06. The maximum atomic E-state index is 4.56. The lowest BCUT2D eigenvalue weighted by Crippen LogP contribution is -2.17. The quantitative estimate of drug-likeness (QED) is 0.800. The van der Waals surface area contributed by atoms with E-state index in [4.69, 9.17) is 0 Å². The smallest absolute Gasteiger partial charge is 0.166 e. The van der Waals surface area contributed by atoms with Gasteiger partial charge in [-0.05, 0) is 31.7 Å². The van der Waals surface area contributed by atoms with Crippen LogP contribution in [0.3, 0.4) is 0 Å². The summed E-state index contributed by atoms with van der Waals surface area (Å²) in [6.45, 7) is 5.27. The van der Waals surface area contributed by atoms with E-state index >= 15 is 0 Å². The Morgan fingerprint density at radius 1 is 1.50 bits per heavy atom. The maximum Gasteiger partial charge on any atom is 0.166 e. The molecule has 0 aliphatic rings. The second-order valence-electron chi connectivity index (χ2n) is 4.05. The number of hydrogen-bond acceptors (Lipinski definition) is 3. The molecule has 3 nitrogen and oxygen atoms in total. The minimum Gasteiger partial charge on any atom is -0.333 e. The maximum absolute atomic E-state index is 4.56. The third kappa shape index (κ3) is 2.57. The number of nitrogens with zero attached hydrogens (tertiary/aromatic N) is 1. The van der Waals surface area contributed by atoms with E-state index in [0.29, 0.717) is 5.25 Å². The van der Waals surface area contributed by atoms with E-state index in [9.17, 15) is 0 Å². The fourth-order valence-corrected chi connectivity index (χ4v) is 2.63. The fraction of sp³-hybridized carbons (Fsp3) is 0.417. The molecule has 16 heavy (non-hydrogen) atoms. The summed E-state index contributed by atoms with van der Waals surface area (Å²) in [4.78, 5) is 7.91. The second-order valence-corrected chi connectivity index (χ2v) is 5.48. The molecule has 1 aromatic carbocycles. The lowest BCUT2D eigenvalue weighted by molar-refractivity contribution is 0.782. The largest absolute Gasteiger partial charge is 0.333 e. The number of benzene rings is 1. The van der Waals surface area contributed by atoms with Gasteiger partial charge in [0.15, 0.2) is 5.16 Å². The second kappa shape index (κ2) is 4.89. The first kappa shape index (κ1) is 11.5. The Morgan fingerprint density at radius 3 is 3.06 bits per heavy atom. The van der Waals surface area contributed by atoms with Gasteiger partial charge in [0.2, 0.25) is 0 Å². The zero-order chi connectivity index (χ0) is 11.5. The lowest BCUT2D eigenvalue weighted by atomic mass is 10.2. The van der Waals surface area contributed by atoms with Gasteiger partial charge in [0.05, 0.1) is 11.0 Å². The van der Waals surface area contributed by atoms with Crippen LogP contribution in [0.5, 0.6) is 0 Å². The van der Waals surface area contributed by atoms with Crippen molar-refractivity contribution in [1.29, 1.82) is 0 Å². The topological polar surface area (TPSA) is 40.7 Å². The molecule has 0 bridgehead atoms. The Hall–Kier alpha value is -1.00.